The molecule has 1 aromatic rings. The highest BCUT2D eigenvalue weighted by atomic mass is 19.4. The van der Waals surface area contributed by atoms with Crippen LogP contribution >= 0.6 is 0 Å². The van der Waals surface area contributed by atoms with E-state index in [1.54, 1.807) is 13.0 Å². The maximum absolute atomic E-state index is 12.6. The van der Waals surface area contributed by atoms with Gasteiger partial charge in [-0.1, -0.05) is 25.1 Å². The van der Waals surface area contributed by atoms with Crippen LogP contribution < -0.4 is 5.32 Å². The Balaban J connectivity index is 2.31. The van der Waals surface area contributed by atoms with Crippen molar-refractivity contribution in [1.82, 2.24) is 5.32 Å². The maximum Gasteiger partial charge on any atom is 0.416 e. The lowest BCUT2D eigenvalue weighted by Gasteiger charge is -2.34. The second kappa shape index (κ2) is 4.19. The molecule has 6 heteroatoms. The molecule has 1 amide bonds. The van der Waals surface area contributed by atoms with Crippen molar-refractivity contribution >= 4 is 6.09 Å². The molecule has 0 radical (unpaired) electrons. The summed E-state index contributed by atoms with van der Waals surface area (Å²) in [5.74, 6) is 0. The number of nitrogens with one attached hydrogen (secondary N) is 1. The van der Waals surface area contributed by atoms with Gasteiger partial charge in [-0.3, -0.25) is 0 Å². The van der Waals surface area contributed by atoms with E-state index in [9.17, 15) is 18.0 Å². The van der Waals surface area contributed by atoms with E-state index < -0.39 is 23.2 Å². The molecule has 0 saturated carbocycles. The third-order valence-corrected chi connectivity index (χ3v) is 3.03. The zero-order valence-electron chi connectivity index (χ0n) is 9.67. The van der Waals surface area contributed by atoms with E-state index in [4.69, 9.17) is 4.74 Å². The van der Waals surface area contributed by atoms with Crippen LogP contribution in [0.2, 0.25) is 0 Å². The minimum atomic E-state index is -4.37. The fourth-order valence-electron chi connectivity index (χ4n) is 1.85. The average Bonchev–Trinajstić information content (AvgIpc) is 2.32. The first-order valence-electron chi connectivity index (χ1n) is 5.40. The van der Waals surface area contributed by atoms with Crippen LogP contribution in [0.5, 0.6) is 0 Å². The number of ether oxygens (including phenoxy) is 1. The first-order chi connectivity index (χ1) is 8.31. The Morgan fingerprint density at radius 2 is 2.11 bits per heavy atom. The van der Waals surface area contributed by atoms with Crippen LogP contribution in [-0.4, -0.2) is 19.2 Å². The van der Waals surface area contributed by atoms with E-state index in [-0.39, 0.29) is 13.2 Å². The average molecular weight is 259 g/mol. The SMILES string of the molecule is CC1(c2cccc(C(F)(F)F)c2)CNC(=O)OC1. The number of rotatable bonds is 1. The van der Waals surface area contributed by atoms with Crippen molar-refractivity contribution < 1.29 is 22.7 Å². The summed E-state index contributed by atoms with van der Waals surface area (Å²) in [5.41, 5.74) is -0.842. The highest BCUT2D eigenvalue weighted by Gasteiger charge is 2.36. The van der Waals surface area contributed by atoms with Gasteiger partial charge in [0.15, 0.2) is 0 Å². The molecule has 0 aromatic heterocycles. The smallest absolute Gasteiger partial charge is 0.416 e. The number of hydrogen-bond donors (Lipinski definition) is 1. The molecule has 98 valence electrons. The van der Waals surface area contributed by atoms with Crippen molar-refractivity contribution in [3.8, 4) is 0 Å². The lowest BCUT2D eigenvalue weighted by molar-refractivity contribution is -0.137. The van der Waals surface area contributed by atoms with Crippen molar-refractivity contribution in [3.63, 3.8) is 0 Å². The summed E-state index contributed by atoms with van der Waals surface area (Å²) in [4.78, 5) is 10.9. The van der Waals surface area contributed by atoms with Gasteiger partial charge in [-0.2, -0.15) is 13.2 Å². The molecule has 1 aliphatic rings. The number of amides is 1. The molecule has 1 fully saturated rings. The van der Waals surface area contributed by atoms with E-state index in [1.807, 2.05) is 0 Å². The van der Waals surface area contributed by atoms with Gasteiger partial charge in [0.1, 0.15) is 6.61 Å². The number of cyclic esters (lactones) is 1. The Labute approximate surface area is 102 Å². The lowest BCUT2D eigenvalue weighted by Crippen LogP contribution is -2.48. The van der Waals surface area contributed by atoms with Crippen molar-refractivity contribution in [2.75, 3.05) is 13.2 Å². The molecule has 3 nitrogen and oxygen atoms in total. The van der Waals surface area contributed by atoms with E-state index in [1.165, 1.54) is 6.07 Å². The van der Waals surface area contributed by atoms with Gasteiger partial charge in [-0.25, -0.2) is 4.79 Å². The van der Waals surface area contributed by atoms with Crippen LogP contribution in [0, 0.1) is 0 Å². The van der Waals surface area contributed by atoms with E-state index in [0.29, 0.717) is 5.56 Å². The van der Waals surface area contributed by atoms with Crippen molar-refractivity contribution in [3.05, 3.63) is 35.4 Å². The molecule has 2 rings (SSSR count). The summed E-state index contributed by atoms with van der Waals surface area (Å²) in [6.07, 6.45) is -4.91. The summed E-state index contributed by atoms with van der Waals surface area (Å²) in [6.45, 7) is 2.08. The molecule has 1 heterocycles. The minimum absolute atomic E-state index is 0.0696. The Bertz CT molecular complexity index is 461. The summed E-state index contributed by atoms with van der Waals surface area (Å²) >= 11 is 0. The standard InChI is InChI=1S/C12H12F3NO2/c1-11(6-16-10(17)18-7-11)8-3-2-4-9(5-8)12(13,14)15/h2-5H,6-7H2,1H3,(H,16,17). The quantitative estimate of drug-likeness (QED) is 0.842. The van der Waals surface area contributed by atoms with Crippen molar-refractivity contribution in [1.29, 1.82) is 0 Å². The fourth-order valence-corrected chi connectivity index (χ4v) is 1.85. The van der Waals surface area contributed by atoms with Crippen LogP contribution in [0.25, 0.3) is 0 Å². The lowest BCUT2D eigenvalue weighted by atomic mass is 9.82. The van der Waals surface area contributed by atoms with Crippen LogP contribution in [0.1, 0.15) is 18.1 Å². The van der Waals surface area contributed by atoms with Crippen molar-refractivity contribution in [2.45, 2.75) is 18.5 Å². The zero-order valence-corrected chi connectivity index (χ0v) is 9.67. The predicted molar refractivity (Wildman–Crippen MR) is 58.1 cm³/mol. The summed E-state index contributed by atoms with van der Waals surface area (Å²) < 4.78 is 42.7. The molecular weight excluding hydrogens is 247 g/mol. The van der Waals surface area contributed by atoms with Crippen LogP contribution in [0.15, 0.2) is 24.3 Å². The molecule has 1 saturated heterocycles. The fraction of sp³-hybridized carbons (Fsp3) is 0.417. The maximum atomic E-state index is 12.6. The molecule has 0 aliphatic carbocycles. The summed E-state index contributed by atoms with van der Waals surface area (Å²) in [6, 6.07) is 5.09. The van der Waals surface area contributed by atoms with E-state index in [0.717, 1.165) is 12.1 Å². The van der Waals surface area contributed by atoms with Crippen LogP contribution in [-0.2, 0) is 16.3 Å². The number of benzene rings is 1. The Morgan fingerprint density at radius 3 is 2.67 bits per heavy atom. The number of alkyl carbamates (subject to hydrolysis) is 1. The minimum Gasteiger partial charge on any atom is -0.449 e. The number of halogens is 3. The van der Waals surface area contributed by atoms with Gasteiger partial charge in [-0.15, -0.1) is 0 Å². The number of carbonyl (C=O) groups excluding carboxylic acids is 1. The molecule has 0 bridgehead atoms. The Kier molecular flexibility index (Phi) is 2.96. The molecule has 1 N–H and O–H groups in total. The summed E-state index contributed by atoms with van der Waals surface area (Å²) in [7, 11) is 0. The third kappa shape index (κ3) is 2.42. The second-order valence-electron chi connectivity index (χ2n) is 4.57. The zero-order chi connectivity index (χ0) is 13.4. The number of hydrogen-bond acceptors (Lipinski definition) is 2. The van der Waals surface area contributed by atoms with E-state index in [2.05, 4.69) is 5.32 Å². The first-order valence-corrected chi connectivity index (χ1v) is 5.40. The van der Waals surface area contributed by atoms with Crippen LogP contribution in [0.4, 0.5) is 18.0 Å². The summed E-state index contributed by atoms with van der Waals surface area (Å²) in [5, 5.41) is 2.49. The van der Waals surface area contributed by atoms with Gasteiger partial charge in [-0.05, 0) is 11.6 Å². The monoisotopic (exact) mass is 259 g/mol. The van der Waals surface area contributed by atoms with Gasteiger partial charge < -0.3 is 10.1 Å². The predicted octanol–water partition coefficient (Wildman–Crippen LogP) is 2.70. The highest BCUT2D eigenvalue weighted by Crippen LogP contribution is 2.33. The first kappa shape index (κ1) is 12.7. The topological polar surface area (TPSA) is 38.3 Å². The molecule has 1 aromatic carbocycles. The Morgan fingerprint density at radius 1 is 1.39 bits per heavy atom. The van der Waals surface area contributed by atoms with Gasteiger partial charge in [0, 0.05) is 12.0 Å². The molecule has 1 unspecified atom stereocenters. The molecule has 18 heavy (non-hydrogen) atoms. The molecule has 1 atom stereocenters. The number of alkyl halides is 3. The van der Waals surface area contributed by atoms with Gasteiger partial charge in [0.25, 0.3) is 0 Å². The second-order valence-corrected chi connectivity index (χ2v) is 4.57. The normalized spacial score (nSPS) is 24.3. The van der Waals surface area contributed by atoms with Gasteiger partial charge in [0.2, 0.25) is 0 Å². The highest BCUT2D eigenvalue weighted by molar-refractivity contribution is 5.68. The van der Waals surface area contributed by atoms with Crippen LogP contribution in [0.3, 0.4) is 0 Å². The van der Waals surface area contributed by atoms with Crippen molar-refractivity contribution in [2.24, 2.45) is 0 Å². The van der Waals surface area contributed by atoms with Gasteiger partial charge in [0.05, 0.1) is 5.56 Å². The molecule has 0 spiro atoms. The number of carbonyl (C=O) groups is 1. The van der Waals surface area contributed by atoms with Gasteiger partial charge >= 0.3 is 12.3 Å². The Hall–Kier alpha value is -1.72. The van der Waals surface area contributed by atoms with E-state index >= 15 is 0 Å². The molecular formula is C12H12F3NO2. The third-order valence-electron chi connectivity index (χ3n) is 3.03. The molecule has 1 aliphatic heterocycles. The largest absolute Gasteiger partial charge is 0.449 e.